The van der Waals surface area contributed by atoms with E-state index in [1.165, 1.54) is 24.4 Å². The van der Waals surface area contributed by atoms with E-state index < -0.39 is 17.4 Å². The zero-order valence-electron chi connectivity index (χ0n) is 16.4. The fourth-order valence-corrected chi connectivity index (χ4v) is 3.27. The first-order chi connectivity index (χ1) is 14.8. The molecule has 160 valence electrons. The molecule has 3 aromatic rings. The molecule has 0 unspecified atom stereocenters. The maximum Gasteiger partial charge on any atom is 0.311 e. The molecule has 10 nitrogen and oxygen atoms in total. The Labute approximate surface area is 184 Å². The zero-order chi connectivity index (χ0) is 22.5. The number of nitrogens with zero attached hydrogens (tertiary/aromatic N) is 4. The number of ether oxygens (including phenoxy) is 1. The first kappa shape index (κ1) is 22.1. The molecule has 2 aromatic carbocycles. The maximum atomic E-state index is 13.1. The summed E-state index contributed by atoms with van der Waals surface area (Å²) in [7, 11) is 0. The molecule has 0 bridgehead atoms. The van der Waals surface area contributed by atoms with Gasteiger partial charge in [-0.1, -0.05) is 28.9 Å². The van der Waals surface area contributed by atoms with Crippen LogP contribution in [0.25, 0.3) is 10.9 Å². The number of carbonyl (C=O) groups is 1. The Balaban J connectivity index is 2.15. The molecule has 0 fully saturated rings. The van der Waals surface area contributed by atoms with E-state index in [1.54, 1.807) is 18.2 Å². The number of fused-ring (bicyclic) bond motifs is 1. The van der Waals surface area contributed by atoms with Gasteiger partial charge in [0.1, 0.15) is 5.82 Å². The van der Waals surface area contributed by atoms with Gasteiger partial charge in [-0.05, 0) is 30.7 Å². The van der Waals surface area contributed by atoms with Gasteiger partial charge in [-0.3, -0.25) is 19.7 Å². The predicted octanol–water partition coefficient (Wildman–Crippen LogP) is 2.77. The second kappa shape index (κ2) is 9.47. The molecule has 0 radical (unpaired) electrons. The summed E-state index contributed by atoms with van der Waals surface area (Å²) in [4.78, 5) is 39.4. The number of nitrogens with two attached hydrogens (primary N) is 1. The third kappa shape index (κ3) is 4.94. The van der Waals surface area contributed by atoms with Gasteiger partial charge in [-0.25, -0.2) is 4.98 Å². The lowest BCUT2D eigenvalue weighted by molar-refractivity contribution is -0.385. The highest BCUT2D eigenvalue weighted by Crippen LogP contribution is 2.30. The molecular weight excluding hydrogens is 470 g/mol. The molecule has 0 aliphatic carbocycles. The van der Waals surface area contributed by atoms with Crippen molar-refractivity contribution in [1.29, 1.82) is 0 Å². The van der Waals surface area contributed by atoms with Crippen LogP contribution >= 0.6 is 15.9 Å². The molecule has 31 heavy (non-hydrogen) atoms. The Hall–Kier alpha value is -3.60. The molecule has 11 heteroatoms. The highest BCUT2D eigenvalue weighted by molar-refractivity contribution is 9.10. The van der Waals surface area contributed by atoms with Crippen LogP contribution in [0.2, 0.25) is 0 Å². The number of primary amides is 1. The summed E-state index contributed by atoms with van der Waals surface area (Å²) < 4.78 is 7.14. The van der Waals surface area contributed by atoms with E-state index in [9.17, 15) is 19.7 Å². The minimum Gasteiger partial charge on any atom is -0.476 e. The van der Waals surface area contributed by atoms with E-state index >= 15 is 0 Å². The van der Waals surface area contributed by atoms with Crippen LogP contribution in [0.3, 0.4) is 0 Å². The van der Waals surface area contributed by atoms with Crippen molar-refractivity contribution in [3.63, 3.8) is 0 Å². The lowest BCUT2D eigenvalue weighted by Crippen LogP contribution is -2.23. The van der Waals surface area contributed by atoms with E-state index in [0.29, 0.717) is 23.1 Å². The van der Waals surface area contributed by atoms with Gasteiger partial charge >= 0.3 is 5.69 Å². The lowest BCUT2D eigenvalue weighted by atomic mass is 10.2. The van der Waals surface area contributed by atoms with Gasteiger partial charge in [0, 0.05) is 22.5 Å². The summed E-state index contributed by atoms with van der Waals surface area (Å²) in [5.41, 5.74) is 5.11. The summed E-state index contributed by atoms with van der Waals surface area (Å²) >= 11 is 3.34. The number of para-hydroxylation sites is 1. The number of rotatable bonds is 8. The number of benzene rings is 2. The molecule has 0 spiro atoms. The van der Waals surface area contributed by atoms with Crippen LogP contribution in [-0.4, -0.2) is 33.3 Å². The topological polar surface area (TPSA) is 143 Å². The van der Waals surface area contributed by atoms with Gasteiger partial charge in [0.15, 0.2) is 6.61 Å². The normalized spacial score (nSPS) is 11.2. The molecule has 0 aliphatic rings. The van der Waals surface area contributed by atoms with Crippen LogP contribution < -0.4 is 16.0 Å². The van der Waals surface area contributed by atoms with E-state index in [0.717, 1.165) is 15.6 Å². The Bertz CT molecular complexity index is 1250. The van der Waals surface area contributed by atoms with E-state index in [1.807, 2.05) is 6.92 Å². The Kier molecular flexibility index (Phi) is 6.75. The van der Waals surface area contributed by atoms with Crippen LogP contribution in [0.5, 0.6) is 5.75 Å². The van der Waals surface area contributed by atoms with E-state index in [4.69, 9.17) is 10.5 Å². The van der Waals surface area contributed by atoms with Crippen LogP contribution in [0.1, 0.15) is 24.7 Å². The van der Waals surface area contributed by atoms with Crippen molar-refractivity contribution in [3.05, 3.63) is 72.7 Å². The molecule has 1 aromatic heterocycles. The van der Waals surface area contributed by atoms with Gasteiger partial charge in [0.05, 0.1) is 22.0 Å². The second-order valence-corrected chi connectivity index (χ2v) is 7.42. The molecule has 3 rings (SSSR count). The minimum atomic E-state index is -0.785. The first-order valence-electron chi connectivity index (χ1n) is 9.26. The zero-order valence-corrected chi connectivity index (χ0v) is 18.0. The third-order valence-corrected chi connectivity index (χ3v) is 4.73. The average molecular weight is 488 g/mol. The number of nitro benzene ring substituents is 1. The third-order valence-electron chi connectivity index (χ3n) is 4.24. The Morgan fingerprint density at radius 2 is 2.16 bits per heavy atom. The largest absolute Gasteiger partial charge is 0.476 e. The summed E-state index contributed by atoms with van der Waals surface area (Å²) in [6.45, 7) is 1.40. The van der Waals surface area contributed by atoms with Crippen LogP contribution in [-0.2, 0) is 11.2 Å². The van der Waals surface area contributed by atoms with Crippen molar-refractivity contribution < 1.29 is 14.5 Å². The molecule has 0 saturated carbocycles. The summed E-state index contributed by atoms with van der Waals surface area (Å²) in [6, 6.07) is 9.39. The van der Waals surface area contributed by atoms with Gasteiger partial charge in [-0.2, -0.15) is 9.78 Å². The van der Waals surface area contributed by atoms with Gasteiger partial charge in [0.25, 0.3) is 11.5 Å². The molecule has 0 aliphatic heterocycles. The smallest absolute Gasteiger partial charge is 0.311 e. The van der Waals surface area contributed by atoms with Crippen molar-refractivity contribution in [2.75, 3.05) is 6.61 Å². The number of halogens is 1. The van der Waals surface area contributed by atoms with Gasteiger partial charge in [-0.15, -0.1) is 0 Å². The molecule has 2 N–H and O–H groups in total. The monoisotopic (exact) mass is 487 g/mol. The second-order valence-electron chi connectivity index (χ2n) is 6.51. The summed E-state index contributed by atoms with van der Waals surface area (Å²) in [5, 5.41) is 16.0. The SMILES string of the molecule is CCCc1nc2ccc(Br)cc2c(=O)n1N=Cc1cccc([N+](=O)[O-])c1OCC(N)=O. The number of aromatic nitrogens is 2. The molecule has 0 atom stereocenters. The number of hydrogen-bond donors (Lipinski definition) is 1. The molecule has 1 amide bonds. The summed E-state index contributed by atoms with van der Waals surface area (Å²) in [5.74, 6) is -0.507. The van der Waals surface area contributed by atoms with Crippen molar-refractivity contribution in [3.8, 4) is 5.75 Å². The molecule has 1 heterocycles. The first-order valence-corrected chi connectivity index (χ1v) is 10.0. The van der Waals surface area contributed by atoms with Crippen LogP contribution in [0.15, 0.2) is 50.8 Å². The fourth-order valence-electron chi connectivity index (χ4n) is 2.91. The Morgan fingerprint density at radius 1 is 1.39 bits per heavy atom. The van der Waals surface area contributed by atoms with Gasteiger partial charge < -0.3 is 10.5 Å². The van der Waals surface area contributed by atoms with Crippen molar-refractivity contribution >= 4 is 44.6 Å². The lowest BCUT2D eigenvalue weighted by Gasteiger charge is -2.10. The number of hydrogen-bond acceptors (Lipinski definition) is 7. The fraction of sp³-hybridized carbons (Fsp3) is 0.200. The predicted molar refractivity (Wildman–Crippen MR) is 118 cm³/mol. The number of amides is 1. The van der Waals surface area contributed by atoms with Crippen molar-refractivity contribution in [2.24, 2.45) is 10.8 Å². The number of nitro groups is 1. The van der Waals surface area contributed by atoms with E-state index in [-0.39, 0.29) is 22.6 Å². The number of carbonyl (C=O) groups excluding carboxylic acids is 1. The van der Waals surface area contributed by atoms with Crippen molar-refractivity contribution in [2.45, 2.75) is 19.8 Å². The number of aryl methyl sites for hydroxylation is 1. The van der Waals surface area contributed by atoms with Crippen molar-refractivity contribution in [1.82, 2.24) is 9.66 Å². The maximum absolute atomic E-state index is 13.1. The average Bonchev–Trinajstić information content (AvgIpc) is 2.72. The Morgan fingerprint density at radius 3 is 2.84 bits per heavy atom. The highest BCUT2D eigenvalue weighted by atomic mass is 79.9. The minimum absolute atomic E-state index is 0.170. The van der Waals surface area contributed by atoms with Gasteiger partial charge in [0.2, 0.25) is 5.75 Å². The summed E-state index contributed by atoms with van der Waals surface area (Å²) in [6.07, 6.45) is 2.49. The van der Waals surface area contributed by atoms with Crippen LogP contribution in [0.4, 0.5) is 5.69 Å². The molecule has 0 saturated heterocycles. The standard InChI is InChI=1S/C20H18BrN5O5/c1-2-4-18-24-15-8-7-13(21)9-14(15)20(28)25(18)23-10-12-5-3-6-16(26(29)30)19(12)31-11-17(22)27/h3,5-10H,2,4,11H2,1H3,(H2,22,27). The quantitative estimate of drug-likeness (QED) is 0.294. The molecular formula is C20H18BrN5O5. The van der Waals surface area contributed by atoms with Crippen LogP contribution in [0, 0.1) is 10.1 Å². The highest BCUT2D eigenvalue weighted by Gasteiger charge is 2.19. The van der Waals surface area contributed by atoms with E-state index in [2.05, 4.69) is 26.0 Å².